The number of ketones is 2. The summed E-state index contributed by atoms with van der Waals surface area (Å²) in [5.74, 6) is -2.61. The molecule has 1 fully saturated rings. The van der Waals surface area contributed by atoms with E-state index in [1.807, 2.05) is 0 Å². The van der Waals surface area contributed by atoms with Crippen LogP contribution < -0.4 is 9.47 Å². The number of non-ortho nitro benzene ring substituents is 2. The van der Waals surface area contributed by atoms with E-state index in [0.29, 0.717) is 6.42 Å². The Morgan fingerprint density at radius 1 is 0.744 bits per heavy atom. The van der Waals surface area contributed by atoms with Gasteiger partial charge in [-0.2, -0.15) is 0 Å². The average Bonchev–Trinajstić information content (AvgIpc) is 2.98. The highest BCUT2D eigenvalue weighted by atomic mass is 16.6. The smallest absolute Gasteiger partial charge is 0.317 e. The zero-order valence-electron chi connectivity index (χ0n) is 23.2. The molecule has 0 spiro atoms. The van der Waals surface area contributed by atoms with Gasteiger partial charge in [-0.25, -0.2) is 0 Å². The van der Waals surface area contributed by atoms with Crippen molar-refractivity contribution in [2.45, 2.75) is 51.9 Å². The summed E-state index contributed by atoms with van der Waals surface area (Å²) < 4.78 is 10.8. The van der Waals surface area contributed by atoms with Crippen LogP contribution >= 0.6 is 0 Å². The topological polar surface area (TPSA) is 225 Å². The van der Waals surface area contributed by atoms with Crippen molar-refractivity contribution in [3.8, 4) is 11.5 Å². The Bertz CT molecular complexity index is 1410. The number of carbonyl (C=O) groups excluding carboxylic acids is 2. The molecule has 1 aliphatic rings. The summed E-state index contributed by atoms with van der Waals surface area (Å²) in [6.07, 6.45) is 5.49. The molecule has 2 atom stereocenters. The van der Waals surface area contributed by atoms with Crippen LogP contribution in [0.15, 0.2) is 36.4 Å². The maximum atomic E-state index is 13.3. The Hall–Kier alpha value is -5.02. The van der Waals surface area contributed by atoms with Crippen molar-refractivity contribution in [3.63, 3.8) is 0 Å². The summed E-state index contributed by atoms with van der Waals surface area (Å²) in [6, 6.07) is 5.62. The van der Waals surface area contributed by atoms with E-state index in [1.165, 1.54) is 0 Å². The quantitative estimate of drug-likeness (QED) is 0.171. The first kappa shape index (κ1) is 32.5. The fraction of sp³-hybridized carbons (Fsp3) is 0.481. The van der Waals surface area contributed by atoms with Crippen molar-refractivity contribution >= 4 is 34.3 Å². The van der Waals surface area contributed by atoms with Gasteiger partial charge in [0.15, 0.2) is 23.1 Å². The third kappa shape index (κ3) is 8.98. The predicted octanol–water partition coefficient (Wildman–Crippen LogP) is 5.53. The van der Waals surface area contributed by atoms with Crippen molar-refractivity contribution in [1.29, 1.82) is 0 Å². The molecule has 0 aliphatic heterocycles. The van der Waals surface area contributed by atoms with E-state index in [0.717, 1.165) is 68.5 Å². The summed E-state index contributed by atoms with van der Waals surface area (Å²) >= 11 is 0. The summed E-state index contributed by atoms with van der Waals surface area (Å²) in [5.41, 5.74) is -2.34. The summed E-state index contributed by atoms with van der Waals surface area (Å²) in [4.78, 5) is 67.7. The van der Waals surface area contributed by atoms with Gasteiger partial charge < -0.3 is 9.47 Å². The molecule has 0 N–H and O–H groups in total. The van der Waals surface area contributed by atoms with E-state index in [-0.39, 0.29) is 23.8 Å². The van der Waals surface area contributed by atoms with E-state index >= 15 is 0 Å². The lowest BCUT2D eigenvalue weighted by Gasteiger charge is -2.27. The molecule has 1 saturated carbocycles. The largest absolute Gasteiger partial charge is 0.479 e. The van der Waals surface area contributed by atoms with E-state index in [9.17, 15) is 50.0 Å². The maximum absolute atomic E-state index is 13.3. The Balaban J connectivity index is 1.70. The van der Waals surface area contributed by atoms with Crippen LogP contribution in [-0.4, -0.2) is 44.5 Å². The van der Waals surface area contributed by atoms with E-state index in [2.05, 4.69) is 0 Å². The summed E-state index contributed by atoms with van der Waals surface area (Å²) in [7, 11) is 0. The number of nitro groups is 4. The van der Waals surface area contributed by atoms with Gasteiger partial charge in [-0.15, -0.1) is 0 Å². The van der Waals surface area contributed by atoms with Crippen molar-refractivity contribution < 1.29 is 38.8 Å². The first-order valence-corrected chi connectivity index (χ1v) is 13.5. The van der Waals surface area contributed by atoms with Gasteiger partial charge in [0, 0.05) is 24.0 Å². The van der Waals surface area contributed by atoms with Crippen LogP contribution in [0.25, 0.3) is 0 Å². The van der Waals surface area contributed by atoms with Gasteiger partial charge in [0.05, 0.1) is 31.8 Å². The normalized spacial score (nSPS) is 14.7. The van der Waals surface area contributed by atoms with Crippen molar-refractivity contribution in [2.24, 2.45) is 17.8 Å². The number of nitrogens with zero attached hydrogens (tertiary/aromatic N) is 4. The lowest BCUT2D eigenvalue weighted by atomic mass is 9.78. The average molecular weight is 603 g/mol. The molecule has 0 saturated heterocycles. The van der Waals surface area contributed by atoms with Crippen LogP contribution in [-0.2, 0) is 9.59 Å². The lowest BCUT2D eigenvalue weighted by molar-refractivity contribution is -0.395. The van der Waals surface area contributed by atoms with Gasteiger partial charge in [0.25, 0.3) is 11.4 Å². The highest BCUT2D eigenvalue weighted by molar-refractivity contribution is 5.85. The zero-order valence-corrected chi connectivity index (χ0v) is 23.2. The summed E-state index contributed by atoms with van der Waals surface area (Å²) in [5, 5.41) is 44.7. The molecule has 2 aromatic rings. The summed E-state index contributed by atoms with van der Waals surface area (Å²) in [6.45, 7) is 0.456. The number of hydrogen-bond donors (Lipinski definition) is 0. The Labute approximate surface area is 244 Å². The SMILES string of the molecule is CC(CC(CC1CCCCC1)C(=O)COc1ccc([N+](=O)[O-])cc1[N+](=O)[O-])C(=O)COc1ccc([N+](=O)[O-])cc1[N+](=O)[O-]. The third-order valence-electron chi connectivity index (χ3n) is 7.43. The fourth-order valence-electron chi connectivity index (χ4n) is 5.07. The molecule has 0 aromatic heterocycles. The standard InChI is InChI=1S/C27H30N4O12/c1-17(24(32)15-42-26-9-7-20(28(34)35)13-22(26)30(38)39)11-19(12-18-5-3-2-4-6-18)25(33)16-43-27-10-8-21(29(36)37)14-23(27)31(40)41/h7-10,13-14,17-19H,2-6,11-12,15-16H2,1H3. The highest BCUT2D eigenvalue weighted by Gasteiger charge is 2.30. The third-order valence-corrected chi connectivity index (χ3v) is 7.43. The second-order valence-electron chi connectivity index (χ2n) is 10.4. The molecule has 43 heavy (non-hydrogen) atoms. The van der Waals surface area contributed by atoms with Crippen LogP contribution in [0.1, 0.15) is 51.9 Å². The van der Waals surface area contributed by atoms with Crippen molar-refractivity contribution in [1.82, 2.24) is 0 Å². The number of ether oxygens (including phenoxy) is 2. The molecule has 2 aromatic carbocycles. The molecule has 2 unspecified atom stereocenters. The van der Waals surface area contributed by atoms with Crippen LogP contribution in [0.4, 0.5) is 22.7 Å². The second-order valence-corrected chi connectivity index (χ2v) is 10.4. The first-order valence-electron chi connectivity index (χ1n) is 13.5. The molecule has 0 radical (unpaired) electrons. The lowest BCUT2D eigenvalue weighted by Crippen LogP contribution is -2.29. The van der Waals surface area contributed by atoms with E-state index in [1.54, 1.807) is 6.92 Å². The van der Waals surface area contributed by atoms with E-state index < -0.39 is 79.1 Å². The fourth-order valence-corrected chi connectivity index (χ4v) is 5.07. The minimum absolute atomic E-state index is 0.103. The molecule has 230 valence electrons. The van der Waals surface area contributed by atoms with Gasteiger partial charge in [-0.3, -0.25) is 50.0 Å². The monoisotopic (exact) mass is 602 g/mol. The van der Waals surface area contributed by atoms with E-state index in [4.69, 9.17) is 9.47 Å². The number of benzene rings is 2. The molecule has 0 bridgehead atoms. The highest BCUT2D eigenvalue weighted by Crippen LogP contribution is 2.35. The van der Waals surface area contributed by atoms with Crippen LogP contribution in [0.2, 0.25) is 0 Å². The number of hydrogen-bond acceptors (Lipinski definition) is 12. The zero-order chi connectivity index (χ0) is 31.7. The number of nitro benzene ring substituents is 4. The van der Waals surface area contributed by atoms with Gasteiger partial charge >= 0.3 is 11.4 Å². The molecular weight excluding hydrogens is 572 g/mol. The number of Topliss-reactive ketones (excluding diaryl/α,β-unsaturated/α-hetero) is 2. The van der Waals surface area contributed by atoms with Crippen LogP contribution in [0.5, 0.6) is 11.5 Å². The molecular formula is C27H30N4O12. The Kier molecular flexibility index (Phi) is 11.1. The molecule has 16 nitrogen and oxygen atoms in total. The van der Waals surface area contributed by atoms with Crippen molar-refractivity contribution in [2.75, 3.05) is 13.2 Å². The molecule has 0 amide bonds. The van der Waals surface area contributed by atoms with Crippen molar-refractivity contribution in [3.05, 3.63) is 76.9 Å². The predicted molar refractivity (Wildman–Crippen MR) is 149 cm³/mol. The Morgan fingerprint density at radius 2 is 1.21 bits per heavy atom. The molecule has 1 aliphatic carbocycles. The Morgan fingerprint density at radius 3 is 1.65 bits per heavy atom. The minimum Gasteiger partial charge on any atom is -0.479 e. The molecule has 16 heteroatoms. The second kappa shape index (κ2) is 14.7. The van der Waals surface area contributed by atoms with Gasteiger partial charge in [-0.1, -0.05) is 39.0 Å². The molecule has 0 heterocycles. The van der Waals surface area contributed by atoms with Crippen LogP contribution in [0, 0.1) is 58.2 Å². The van der Waals surface area contributed by atoms with Gasteiger partial charge in [0.2, 0.25) is 0 Å². The molecule has 3 rings (SSSR count). The maximum Gasteiger partial charge on any atom is 0.317 e. The number of carbonyl (C=O) groups is 2. The number of rotatable bonds is 16. The van der Waals surface area contributed by atoms with Gasteiger partial charge in [-0.05, 0) is 30.9 Å². The minimum atomic E-state index is -0.857. The van der Waals surface area contributed by atoms with Gasteiger partial charge in [0.1, 0.15) is 13.2 Å². The van der Waals surface area contributed by atoms with Crippen LogP contribution in [0.3, 0.4) is 0 Å². The first-order chi connectivity index (χ1) is 20.4.